The Bertz CT molecular complexity index is 249. The van der Waals surface area contributed by atoms with E-state index in [1.54, 1.807) is 18.3 Å². The lowest BCUT2D eigenvalue weighted by molar-refractivity contribution is 0.152. The van der Waals surface area contributed by atoms with Gasteiger partial charge in [-0.25, -0.2) is 0 Å². The Morgan fingerprint density at radius 1 is 1.75 bits per heavy atom. The number of hydrogen-bond donors (Lipinski definition) is 2. The van der Waals surface area contributed by atoms with Gasteiger partial charge in [-0.2, -0.15) is 0 Å². The van der Waals surface area contributed by atoms with Gasteiger partial charge in [0.2, 0.25) is 0 Å². The number of hydrogen-bond acceptors (Lipinski definition) is 3. The van der Waals surface area contributed by atoms with Crippen LogP contribution in [-0.2, 0) is 6.42 Å². The molecule has 2 nitrogen and oxygen atoms in total. The first-order chi connectivity index (χ1) is 5.61. The molecular formula is C8H12ClNOS. The van der Waals surface area contributed by atoms with E-state index in [2.05, 4.69) is 0 Å². The first-order valence-electron chi connectivity index (χ1n) is 3.76. The molecule has 0 aliphatic heterocycles. The lowest BCUT2D eigenvalue weighted by Gasteiger charge is -2.12. The summed E-state index contributed by atoms with van der Waals surface area (Å²) in [6, 6.07) is 1.62. The summed E-state index contributed by atoms with van der Waals surface area (Å²) in [5.41, 5.74) is 5.51. The maximum atomic E-state index is 9.45. The number of thiophene rings is 1. The van der Waals surface area contributed by atoms with Gasteiger partial charge in [-0.3, -0.25) is 0 Å². The van der Waals surface area contributed by atoms with Crippen LogP contribution in [0.1, 0.15) is 11.8 Å². The van der Waals surface area contributed by atoms with Crippen LogP contribution in [0.15, 0.2) is 11.4 Å². The molecule has 1 heterocycles. The smallest absolute Gasteiger partial charge is 0.0737 e. The van der Waals surface area contributed by atoms with Crippen molar-refractivity contribution in [3.63, 3.8) is 0 Å². The van der Waals surface area contributed by atoms with Gasteiger partial charge in [-0.05, 0) is 18.4 Å². The molecule has 4 heteroatoms. The normalized spacial score (nSPS) is 16.0. The van der Waals surface area contributed by atoms with E-state index in [0.29, 0.717) is 6.42 Å². The second kappa shape index (κ2) is 4.23. The average molecular weight is 206 g/mol. The van der Waals surface area contributed by atoms with E-state index >= 15 is 0 Å². The average Bonchev–Trinajstić information content (AvgIpc) is 2.36. The standard InChI is InChI=1S/C8H12ClNOS/c1-5(10)7(11)4-8-6(9)2-3-12-8/h2-3,5,7,11H,4,10H2,1H3. The summed E-state index contributed by atoms with van der Waals surface area (Å²) in [7, 11) is 0. The van der Waals surface area contributed by atoms with E-state index in [9.17, 15) is 5.11 Å². The summed E-state index contributed by atoms with van der Waals surface area (Å²) in [4.78, 5) is 1.00. The number of rotatable bonds is 3. The fourth-order valence-electron chi connectivity index (χ4n) is 0.847. The van der Waals surface area contributed by atoms with Crippen LogP contribution in [0, 0.1) is 0 Å². The van der Waals surface area contributed by atoms with Crippen molar-refractivity contribution in [2.45, 2.75) is 25.5 Å². The molecule has 2 unspecified atom stereocenters. The summed E-state index contributed by atoms with van der Waals surface area (Å²) in [5, 5.41) is 12.1. The van der Waals surface area contributed by atoms with Gasteiger partial charge in [-0.1, -0.05) is 11.6 Å². The monoisotopic (exact) mass is 205 g/mol. The lowest BCUT2D eigenvalue weighted by atomic mass is 10.1. The fraction of sp³-hybridized carbons (Fsp3) is 0.500. The molecule has 0 saturated carbocycles. The molecule has 0 bridgehead atoms. The lowest BCUT2D eigenvalue weighted by Crippen LogP contribution is -2.32. The van der Waals surface area contributed by atoms with Gasteiger partial charge in [0, 0.05) is 17.3 Å². The van der Waals surface area contributed by atoms with E-state index in [4.69, 9.17) is 17.3 Å². The first kappa shape index (κ1) is 9.99. The Kier molecular flexibility index (Phi) is 3.53. The van der Waals surface area contributed by atoms with Gasteiger partial charge in [0.15, 0.2) is 0 Å². The van der Waals surface area contributed by atoms with Crippen LogP contribution in [-0.4, -0.2) is 17.3 Å². The number of aliphatic hydroxyl groups excluding tert-OH is 1. The third-order valence-corrected chi connectivity index (χ3v) is 3.10. The SMILES string of the molecule is CC(N)C(O)Cc1sccc1Cl. The summed E-state index contributed by atoms with van der Waals surface area (Å²) >= 11 is 7.39. The number of halogens is 1. The predicted molar refractivity (Wildman–Crippen MR) is 52.7 cm³/mol. The molecule has 3 N–H and O–H groups in total. The molecule has 0 aliphatic rings. The molecule has 0 radical (unpaired) electrons. The van der Waals surface area contributed by atoms with Crippen molar-refractivity contribution in [3.05, 3.63) is 21.3 Å². The minimum Gasteiger partial charge on any atom is -0.391 e. The second-order valence-electron chi connectivity index (χ2n) is 2.82. The third kappa shape index (κ3) is 2.45. The summed E-state index contributed by atoms with van der Waals surface area (Å²) in [6.07, 6.45) is 0.0508. The van der Waals surface area contributed by atoms with E-state index < -0.39 is 6.10 Å². The molecular weight excluding hydrogens is 194 g/mol. The van der Waals surface area contributed by atoms with Crippen LogP contribution in [0.2, 0.25) is 5.02 Å². The maximum Gasteiger partial charge on any atom is 0.0737 e. The Labute approximate surface area is 81.0 Å². The molecule has 1 aromatic heterocycles. The van der Waals surface area contributed by atoms with Crippen molar-refractivity contribution in [2.24, 2.45) is 5.73 Å². The van der Waals surface area contributed by atoms with Crippen molar-refractivity contribution in [3.8, 4) is 0 Å². The molecule has 0 aliphatic carbocycles. The van der Waals surface area contributed by atoms with E-state index in [1.165, 1.54) is 0 Å². The highest BCUT2D eigenvalue weighted by molar-refractivity contribution is 7.10. The Hall–Kier alpha value is -0.0900. The van der Waals surface area contributed by atoms with Gasteiger partial charge in [-0.15, -0.1) is 11.3 Å². The van der Waals surface area contributed by atoms with Crippen LogP contribution in [0.3, 0.4) is 0 Å². The third-order valence-electron chi connectivity index (χ3n) is 1.69. The summed E-state index contributed by atoms with van der Waals surface area (Å²) in [6.45, 7) is 1.78. The molecule has 1 rings (SSSR count). The van der Waals surface area contributed by atoms with E-state index in [1.807, 2.05) is 11.4 Å². The van der Waals surface area contributed by atoms with Crippen LogP contribution in [0.25, 0.3) is 0 Å². The van der Waals surface area contributed by atoms with Crippen molar-refractivity contribution < 1.29 is 5.11 Å². The molecule has 0 amide bonds. The maximum absolute atomic E-state index is 9.45. The van der Waals surface area contributed by atoms with Crippen LogP contribution in [0.4, 0.5) is 0 Å². The summed E-state index contributed by atoms with van der Waals surface area (Å²) in [5.74, 6) is 0. The molecule has 1 aromatic rings. The highest BCUT2D eigenvalue weighted by atomic mass is 35.5. The van der Waals surface area contributed by atoms with Gasteiger partial charge < -0.3 is 10.8 Å². The zero-order valence-electron chi connectivity index (χ0n) is 6.83. The Balaban J connectivity index is 2.58. The van der Waals surface area contributed by atoms with E-state index in [0.717, 1.165) is 9.90 Å². The van der Waals surface area contributed by atoms with Gasteiger partial charge in [0.25, 0.3) is 0 Å². The second-order valence-corrected chi connectivity index (χ2v) is 4.23. The molecule has 12 heavy (non-hydrogen) atoms. The molecule has 0 aromatic carbocycles. The quantitative estimate of drug-likeness (QED) is 0.789. The Morgan fingerprint density at radius 2 is 2.42 bits per heavy atom. The molecule has 2 atom stereocenters. The number of nitrogens with two attached hydrogens (primary N) is 1. The first-order valence-corrected chi connectivity index (χ1v) is 5.02. The highest BCUT2D eigenvalue weighted by Crippen LogP contribution is 2.23. The van der Waals surface area contributed by atoms with Crippen LogP contribution in [0.5, 0.6) is 0 Å². The predicted octanol–water partition coefficient (Wildman–Crippen LogP) is 1.65. The molecule has 0 saturated heterocycles. The molecule has 0 spiro atoms. The van der Waals surface area contributed by atoms with Gasteiger partial charge in [0.1, 0.15) is 0 Å². The highest BCUT2D eigenvalue weighted by Gasteiger charge is 2.12. The largest absolute Gasteiger partial charge is 0.391 e. The van der Waals surface area contributed by atoms with Crippen LogP contribution >= 0.6 is 22.9 Å². The minimum absolute atomic E-state index is 0.205. The van der Waals surface area contributed by atoms with Crippen molar-refractivity contribution in [1.82, 2.24) is 0 Å². The van der Waals surface area contributed by atoms with Gasteiger partial charge >= 0.3 is 0 Å². The van der Waals surface area contributed by atoms with E-state index in [-0.39, 0.29) is 6.04 Å². The van der Waals surface area contributed by atoms with Crippen LogP contribution < -0.4 is 5.73 Å². The summed E-state index contributed by atoms with van der Waals surface area (Å²) < 4.78 is 0. The topological polar surface area (TPSA) is 46.2 Å². The van der Waals surface area contributed by atoms with Crippen molar-refractivity contribution in [1.29, 1.82) is 0 Å². The fourth-order valence-corrected chi connectivity index (χ4v) is 2.01. The minimum atomic E-state index is -0.499. The molecule has 68 valence electrons. The molecule has 0 fully saturated rings. The van der Waals surface area contributed by atoms with Crippen molar-refractivity contribution >= 4 is 22.9 Å². The van der Waals surface area contributed by atoms with Crippen molar-refractivity contribution in [2.75, 3.05) is 0 Å². The zero-order valence-corrected chi connectivity index (χ0v) is 8.40. The zero-order chi connectivity index (χ0) is 9.14. The number of aliphatic hydroxyl groups is 1. The van der Waals surface area contributed by atoms with Gasteiger partial charge in [0.05, 0.1) is 11.1 Å². The Morgan fingerprint density at radius 3 is 2.83 bits per heavy atom.